The summed E-state index contributed by atoms with van der Waals surface area (Å²) in [7, 11) is 1.53. The second-order valence-corrected chi connectivity index (χ2v) is 12.7. The molecule has 1 spiro atoms. The molecule has 0 amide bonds. The molecule has 8 atom stereocenters. The first-order valence-electron chi connectivity index (χ1n) is 14.7. The molecule has 5 aliphatic rings. The number of carbonyl (C=O) groups is 2. The summed E-state index contributed by atoms with van der Waals surface area (Å²) in [6, 6.07) is 3.90. The van der Waals surface area contributed by atoms with Gasteiger partial charge < -0.3 is 20.3 Å². The lowest BCUT2D eigenvalue weighted by molar-refractivity contribution is -0.135. The Morgan fingerprint density at radius 1 is 0.974 bits per heavy atom. The summed E-state index contributed by atoms with van der Waals surface area (Å²) < 4.78 is 5.27. The lowest BCUT2D eigenvalue weighted by Gasteiger charge is -2.51. The second kappa shape index (κ2) is 10.3. The zero-order valence-corrected chi connectivity index (χ0v) is 22.5. The van der Waals surface area contributed by atoms with Gasteiger partial charge in [-0.15, -0.1) is 0 Å². The van der Waals surface area contributed by atoms with Crippen LogP contribution in [-0.4, -0.2) is 47.6 Å². The molecule has 1 aromatic rings. The summed E-state index contributed by atoms with van der Waals surface area (Å²) >= 11 is 0. The molecule has 0 bridgehead atoms. The monoisotopic (exact) mass is 519 g/mol. The molecule has 3 saturated carbocycles. The topological polar surface area (TPSA) is 95.9 Å². The van der Waals surface area contributed by atoms with Crippen molar-refractivity contribution in [3.63, 3.8) is 0 Å². The third-order valence-corrected chi connectivity index (χ3v) is 10.9. The van der Waals surface area contributed by atoms with E-state index in [9.17, 15) is 19.8 Å². The third-order valence-electron chi connectivity index (χ3n) is 10.9. The predicted octanol–water partition coefficient (Wildman–Crippen LogP) is 3.98. The summed E-state index contributed by atoms with van der Waals surface area (Å²) in [6.45, 7) is 1.01. The number of aryl methyl sites for hydroxylation is 1. The van der Waals surface area contributed by atoms with E-state index in [0.717, 1.165) is 42.9 Å². The van der Waals surface area contributed by atoms with Crippen LogP contribution in [0.15, 0.2) is 12.1 Å². The molecule has 4 fully saturated rings. The number of piperidine rings is 1. The van der Waals surface area contributed by atoms with Crippen LogP contribution in [0.4, 0.5) is 0 Å². The number of aromatic hydroxyl groups is 1. The number of ether oxygens (including phenoxy) is 1. The molecule has 4 aliphatic carbocycles. The fourth-order valence-electron chi connectivity index (χ4n) is 8.75. The highest BCUT2D eigenvalue weighted by Gasteiger charge is 2.50. The minimum Gasteiger partial charge on any atom is -0.504 e. The first kappa shape index (κ1) is 25.9. The Kier molecular flexibility index (Phi) is 7.03. The van der Waals surface area contributed by atoms with E-state index in [1.807, 2.05) is 6.07 Å². The number of phenols is 1. The number of aliphatic hydroxyl groups is 1. The van der Waals surface area contributed by atoms with E-state index in [1.54, 1.807) is 6.07 Å². The van der Waals surface area contributed by atoms with E-state index in [-0.39, 0.29) is 11.5 Å². The Bertz CT molecular complexity index is 1170. The standard InChI is InChI=1S/C32H41NO5/c1-38-29-15-21-5-9-30(36)32(11-2-3-19(21)14-28(29)35)12-10-22(16-31(32)37)20-4-7-25-23(13-20)18-33-27-17-24(34)6-8-26(25)27/h14-15,20,22-23,25-27,31,33,35,37H,3-10,12-13,16-18H2,1H3. The van der Waals surface area contributed by atoms with Crippen LogP contribution in [0.1, 0.15) is 75.3 Å². The van der Waals surface area contributed by atoms with Crippen LogP contribution in [0, 0.1) is 46.8 Å². The van der Waals surface area contributed by atoms with Gasteiger partial charge in [-0.25, -0.2) is 0 Å². The second-order valence-electron chi connectivity index (χ2n) is 12.7. The number of carbonyl (C=O) groups excluding carboxylic acids is 2. The summed E-state index contributed by atoms with van der Waals surface area (Å²) in [5.74, 6) is 10.5. The Hall–Kier alpha value is -2.36. The minimum absolute atomic E-state index is 0.0499. The van der Waals surface area contributed by atoms with E-state index >= 15 is 0 Å². The van der Waals surface area contributed by atoms with Crippen LogP contribution in [0.2, 0.25) is 0 Å². The molecular weight excluding hydrogens is 478 g/mol. The van der Waals surface area contributed by atoms with Crippen LogP contribution in [0.25, 0.3) is 0 Å². The van der Waals surface area contributed by atoms with Crippen molar-refractivity contribution in [1.82, 2.24) is 5.32 Å². The smallest absolute Gasteiger partial charge is 0.160 e. The van der Waals surface area contributed by atoms with E-state index in [0.29, 0.717) is 79.8 Å². The number of nitrogens with one attached hydrogen (secondary N) is 1. The SMILES string of the molecule is COc1cc2c(cc1O)CC#CC1(CCC(C3CCC4C(CNC5CC(=O)CCC54)C3)CC1O)C(=O)CC2. The molecule has 1 aromatic carbocycles. The summed E-state index contributed by atoms with van der Waals surface area (Å²) in [5, 5.41) is 25.4. The van der Waals surface area contributed by atoms with Gasteiger partial charge in [-0.3, -0.25) is 9.59 Å². The third kappa shape index (κ3) is 4.56. The maximum atomic E-state index is 13.6. The number of aliphatic hydroxyl groups excluding tert-OH is 1. The van der Waals surface area contributed by atoms with Crippen LogP contribution in [0.3, 0.4) is 0 Å². The number of methoxy groups -OCH3 is 1. The van der Waals surface area contributed by atoms with E-state index in [1.165, 1.54) is 26.4 Å². The van der Waals surface area contributed by atoms with Gasteiger partial charge in [-0.2, -0.15) is 0 Å². The normalized spacial score (nSPS) is 38.9. The maximum Gasteiger partial charge on any atom is 0.160 e. The number of hydrogen-bond acceptors (Lipinski definition) is 6. The first-order valence-corrected chi connectivity index (χ1v) is 14.7. The molecule has 6 nitrogen and oxygen atoms in total. The van der Waals surface area contributed by atoms with Gasteiger partial charge in [-0.05, 0) is 111 Å². The Labute approximate surface area is 225 Å². The average molecular weight is 520 g/mol. The molecule has 1 aliphatic heterocycles. The summed E-state index contributed by atoms with van der Waals surface area (Å²) in [5.41, 5.74) is 0.923. The molecule has 3 N–H and O–H groups in total. The van der Waals surface area contributed by atoms with Crippen molar-refractivity contribution < 1.29 is 24.5 Å². The van der Waals surface area contributed by atoms with Crippen molar-refractivity contribution >= 4 is 11.6 Å². The van der Waals surface area contributed by atoms with Crippen molar-refractivity contribution in [1.29, 1.82) is 0 Å². The number of hydrogen-bond donors (Lipinski definition) is 3. The number of phenolic OH excluding ortho intramolecular Hbond substituents is 1. The molecule has 6 heteroatoms. The predicted molar refractivity (Wildman–Crippen MR) is 144 cm³/mol. The number of rotatable bonds is 2. The zero-order chi connectivity index (χ0) is 26.4. The summed E-state index contributed by atoms with van der Waals surface area (Å²) in [6.07, 6.45) is 8.96. The van der Waals surface area contributed by atoms with Gasteiger partial charge in [0.05, 0.1) is 13.2 Å². The van der Waals surface area contributed by atoms with Crippen LogP contribution < -0.4 is 10.1 Å². The highest BCUT2D eigenvalue weighted by atomic mass is 16.5. The Morgan fingerprint density at radius 3 is 2.63 bits per heavy atom. The highest BCUT2D eigenvalue weighted by Crippen LogP contribution is 2.51. The Morgan fingerprint density at radius 2 is 1.82 bits per heavy atom. The average Bonchev–Trinajstić information content (AvgIpc) is 2.98. The van der Waals surface area contributed by atoms with Crippen molar-refractivity contribution in [3.8, 4) is 23.3 Å². The number of ketones is 2. The maximum absolute atomic E-state index is 13.6. The quantitative estimate of drug-likeness (QED) is 0.512. The van der Waals surface area contributed by atoms with Gasteiger partial charge in [0.25, 0.3) is 0 Å². The van der Waals surface area contributed by atoms with E-state index < -0.39 is 11.5 Å². The Balaban J connectivity index is 1.13. The molecule has 6 rings (SSSR count). The first-order chi connectivity index (χ1) is 18.4. The van der Waals surface area contributed by atoms with Crippen molar-refractivity contribution in [2.45, 2.75) is 89.2 Å². The van der Waals surface area contributed by atoms with Gasteiger partial charge in [0.2, 0.25) is 0 Å². The molecule has 1 heterocycles. The number of fused-ring (bicyclic) bond motifs is 4. The van der Waals surface area contributed by atoms with Gasteiger partial charge >= 0.3 is 0 Å². The number of benzene rings is 1. The van der Waals surface area contributed by atoms with Crippen LogP contribution in [-0.2, 0) is 22.4 Å². The largest absolute Gasteiger partial charge is 0.504 e. The van der Waals surface area contributed by atoms with Crippen molar-refractivity contribution in [2.24, 2.45) is 35.0 Å². The van der Waals surface area contributed by atoms with Gasteiger partial charge in [0.15, 0.2) is 17.3 Å². The van der Waals surface area contributed by atoms with Crippen molar-refractivity contribution in [2.75, 3.05) is 13.7 Å². The molecule has 204 valence electrons. The van der Waals surface area contributed by atoms with Crippen LogP contribution >= 0.6 is 0 Å². The fraction of sp³-hybridized carbons (Fsp3) is 0.688. The highest BCUT2D eigenvalue weighted by molar-refractivity contribution is 5.89. The van der Waals surface area contributed by atoms with Crippen molar-refractivity contribution in [3.05, 3.63) is 23.3 Å². The summed E-state index contributed by atoms with van der Waals surface area (Å²) in [4.78, 5) is 25.6. The molecule has 0 aromatic heterocycles. The zero-order valence-electron chi connectivity index (χ0n) is 22.5. The molecule has 8 unspecified atom stereocenters. The molecule has 38 heavy (non-hydrogen) atoms. The van der Waals surface area contributed by atoms with Gasteiger partial charge in [0, 0.05) is 31.7 Å². The molecule has 0 radical (unpaired) electrons. The minimum atomic E-state index is -0.976. The molecular formula is C32H41NO5. The van der Waals surface area contributed by atoms with E-state index in [4.69, 9.17) is 4.74 Å². The lowest BCUT2D eigenvalue weighted by Crippen LogP contribution is -2.55. The molecule has 1 saturated heterocycles. The van der Waals surface area contributed by atoms with Gasteiger partial charge in [0.1, 0.15) is 11.2 Å². The van der Waals surface area contributed by atoms with Gasteiger partial charge in [-0.1, -0.05) is 11.8 Å². The van der Waals surface area contributed by atoms with Crippen LogP contribution in [0.5, 0.6) is 11.5 Å². The lowest BCUT2D eigenvalue weighted by atomic mass is 9.57. The van der Waals surface area contributed by atoms with E-state index in [2.05, 4.69) is 17.2 Å². The number of Topliss-reactive ketones (excluding diaryl/α,β-unsaturated/α-hetero) is 2. The fourth-order valence-corrected chi connectivity index (χ4v) is 8.75.